The van der Waals surface area contributed by atoms with Gasteiger partial charge in [0.1, 0.15) is 11.6 Å². The molecule has 4 nitrogen and oxygen atoms in total. The van der Waals surface area contributed by atoms with Gasteiger partial charge < -0.3 is 10.1 Å². The molecule has 1 aromatic heterocycles. The molecule has 2 rings (SSSR count). The molecule has 0 aliphatic carbocycles. The maximum atomic E-state index is 5.55. The van der Waals surface area contributed by atoms with Crippen molar-refractivity contribution in [2.45, 2.75) is 19.9 Å². The molecule has 2 aromatic rings. The zero-order valence-electron chi connectivity index (χ0n) is 11.6. The number of benzene rings is 1. The zero-order valence-corrected chi connectivity index (χ0v) is 12.4. The molecule has 0 atom stereocenters. The minimum absolute atomic E-state index is 0.506. The van der Waals surface area contributed by atoms with Gasteiger partial charge in [0.2, 0.25) is 0 Å². The molecule has 106 valence electrons. The number of hydrogen-bond acceptors (Lipinski definition) is 5. The molecule has 0 unspecified atom stereocenters. The average molecular weight is 289 g/mol. The van der Waals surface area contributed by atoms with Crippen LogP contribution in [0, 0.1) is 0 Å². The summed E-state index contributed by atoms with van der Waals surface area (Å²) in [7, 11) is 0. The lowest BCUT2D eigenvalue weighted by molar-refractivity contribution is 0.358. The Morgan fingerprint density at radius 3 is 2.90 bits per heavy atom. The SMILES string of the molecule is CCCNCc1nnc(OC/C=C/c2ccccc2)s1. The van der Waals surface area contributed by atoms with Crippen molar-refractivity contribution < 1.29 is 4.74 Å². The van der Waals surface area contributed by atoms with Gasteiger partial charge in [-0.05, 0) is 24.6 Å². The van der Waals surface area contributed by atoms with E-state index in [1.807, 2.05) is 30.4 Å². The summed E-state index contributed by atoms with van der Waals surface area (Å²) in [6.45, 7) is 4.40. The third-order valence-electron chi connectivity index (χ3n) is 2.56. The molecule has 20 heavy (non-hydrogen) atoms. The Balaban J connectivity index is 1.73. The van der Waals surface area contributed by atoms with Crippen molar-refractivity contribution in [2.75, 3.05) is 13.2 Å². The molecule has 0 aliphatic rings. The van der Waals surface area contributed by atoms with Gasteiger partial charge in [0, 0.05) is 6.54 Å². The zero-order chi connectivity index (χ0) is 14.0. The van der Waals surface area contributed by atoms with E-state index in [-0.39, 0.29) is 0 Å². The van der Waals surface area contributed by atoms with Crippen molar-refractivity contribution in [2.24, 2.45) is 0 Å². The number of aromatic nitrogens is 2. The van der Waals surface area contributed by atoms with Gasteiger partial charge in [-0.15, -0.1) is 5.10 Å². The van der Waals surface area contributed by atoms with Gasteiger partial charge in [-0.2, -0.15) is 0 Å². The van der Waals surface area contributed by atoms with Gasteiger partial charge in [0.05, 0.1) is 0 Å². The van der Waals surface area contributed by atoms with E-state index in [2.05, 4.69) is 34.6 Å². The highest BCUT2D eigenvalue weighted by Gasteiger charge is 2.03. The Kier molecular flexibility index (Phi) is 6.20. The molecule has 1 heterocycles. The van der Waals surface area contributed by atoms with Crippen LogP contribution in [0.2, 0.25) is 0 Å². The number of nitrogens with one attached hydrogen (secondary N) is 1. The molecule has 0 bridgehead atoms. The lowest BCUT2D eigenvalue weighted by Crippen LogP contribution is -2.13. The van der Waals surface area contributed by atoms with E-state index in [1.54, 1.807) is 0 Å². The molecule has 0 spiro atoms. The van der Waals surface area contributed by atoms with Crippen molar-refractivity contribution in [1.29, 1.82) is 0 Å². The Morgan fingerprint density at radius 2 is 2.10 bits per heavy atom. The predicted molar refractivity (Wildman–Crippen MR) is 82.9 cm³/mol. The van der Waals surface area contributed by atoms with Crippen LogP contribution < -0.4 is 10.1 Å². The average Bonchev–Trinajstić information content (AvgIpc) is 2.93. The largest absolute Gasteiger partial charge is 0.465 e. The Hall–Kier alpha value is -1.72. The van der Waals surface area contributed by atoms with Crippen molar-refractivity contribution in [1.82, 2.24) is 15.5 Å². The minimum Gasteiger partial charge on any atom is -0.465 e. The fourth-order valence-electron chi connectivity index (χ4n) is 1.61. The topological polar surface area (TPSA) is 47.0 Å². The van der Waals surface area contributed by atoms with E-state index < -0.39 is 0 Å². The summed E-state index contributed by atoms with van der Waals surface area (Å²) in [5, 5.41) is 13.0. The smallest absolute Gasteiger partial charge is 0.294 e. The van der Waals surface area contributed by atoms with Crippen molar-refractivity contribution in [3.05, 3.63) is 47.0 Å². The summed E-state index contributed by atoms with van der Waals surface area (Å²) in [5.41, 5.74) is 1.16. The lowest BCUT2D eigenvalue weighted by atomic mass is 10.2. The molecule has 5 heteroatoms. The first-order valence-electron chi connectivity index (χ1n) is 6.76. The summed E-state index contributed by atoms with van der Waals surface area (Å²) < 4.78 is 5.55. The number of ether oxygens (including phenoxy) is 1. The summed E-state index contributed by atoms with van der Waals surface area (Å²) in [6, 6.07) is 10.1. The van der Waals surface area contributed by atoms with Gasteiger partial charge in [-0.1, -0.05) is 59.8 Å². The van der Waals surface area contributed by atoms with Crippen LogP contribution >= 0.6 is 11.3 Å². The Labute approximate surface area is 123 Å². The fourth-order valence-corrected chi connectivity index (χ4v) is 2.27. The van der Waals surface area contributed by atoms with Crippen LogP contribution in [-0.2, 0) is 6.54 Å². The molecule has 0 radical (unpaired) electrons. The van der Waals surface area contributed by atoms with Crippen LogP contribution in [-0.4, -0.2) is 23.3 Å². The van der Waals surface area contributed by atoms with E-state index in [1.165, 1.54) is 11.3 Å². The molecule has 0 saturated heterocycles. The van der Waals surface area contributed by atoms with Crippen LogP contribution in [0.5, 0.6) is 5.19 Å². The van der Waals surface area contributed by atoms with E-state index >= 15 is 0 Å². The summed E-state index contributed by atoms with van der Waals surface area (Å²) in [6.07, 6.45) is 5.13. The highest BCUT2D eigenvalue weighted by molar-refractivity contribution is 7.13. The van der Waals surface area contributed by atoms with E-state index in [0.717, 1.165) is 30.1 Å². The van der Waals surface area contributed by atoms with Gasteiger partial charge in [0.25, 0.3) is 5.19 Å². The highest BCUT2D eigenvalue weighted by Crippen LogP contribution is 2.17. The van der Waals surface area contributed by atoms with Gasteiger partial charge in [-0.25, -0.2) is 0 Å². The molecular weight excluding hydrogens is 270 g/mol. The molecule has 0 aliphatic heterocycles. The number of nitrogens with zero attached hydrogens (tertiary/aromatic N) is 2. The highest BCUT2D eigenvalue weighted by atomic mass is 32.1. The minimum atomic E-state index is 0.506. The lowest BCUT2D eigenvalue weighted by Gasteiger charge is -1.97. The molecule has 0 saturated carbocycles. The summed E-state index contributed by atoms with van der Waals surface area (Å²) in [4.78, 5) is 0. The predicted octanol–water partition coefficient (Wildman–Crippen LogP) is 3.13. The summed E-state index contributed by atoms with van der Waals surface area (Å²) in [5.74, 6) is 0. The van der Waals surface area contributed by atoms with Crippen LogP contribution in [0.3, 0.4) is 0 Å². The van der Waals surface area contributed by atoms with E-state index in [0.29, 0.717) is 11.8 Å². The first-order valence-corrected chi connectivity index (χ1v) is 7.57. The van der Waals surface area contributed by atoms with Crippen LogP contribution in [0.4, 0.5) is 0 Å². The first kappa shape index (κ1) is 14.7. The van der Waals surface area contributed by atoms with Crippen LogP contribution in [0.1, 0.15) is 23.9 Å². The van der Waals surface area contributed by atoms with Crippen molar-refractivity contribution in [3.8, 4) is 5.19 Å². The number of hydrogen-bond donors (Lipinski definition) is 1. The molecular formula is C15H19N3OS. The monoisotopic (exact) mass is 289 g/mol. The Bertz CT molecular complexity index is 525. The van der Waals surface area contributed by atoms with Gasteiger partial charge in [-0.3, -0.25) is 0 Å². The normalized spacial score (nSPS) is 11.1. The third-order valence-corrected chi connectivity index (χ3v) is 3.40. The maximum Gasteiger partial charge on any atom is 0.294 e. The van der Waals surface area contributed by atoms with Crippen LogP contribution in [0.15, 0.2) is 36.4 Å². The second-order valence-electron chi connectivity index (χ2n) is 4.26. The summed E-state index contributed by atoms with van der Waals surface area (Å²) >= 11 is 1.49. The Morgan fingerprint density at radius 1 is 1.25 bits per heavy atom. The fraction of sp³-hybridized carbons (Fsp3) is 0.333. The number of rotatable bonds is 8. The first-order chi connectivity index (χ1) is 9.88. The molecule has 1 N–H and O–H groups in total. The van der Waals surface area contributed by atoms with E-state index in [9.17, 15) is 0 Å². The quantitative estimate of drug-likeness (QED) is 0.758. The third kappa shape index (κ3) is 5.11. The molecule has 0 fully saturated rings. The van der Waals surface area contributed by atoms with Gasteiger partial charge >= 0.3 is 0 Å². The second-order valence-corrected chi connectivity index (χ2v) is 5.29. The van der Waals surface area contributed by atoms with Crippen molar-refractivity contribution >= 4 is 17.4 Å². The standard InChI is InChI=1S/C15H19N3OS/c1-2-10-16-12-14-17-18-15(20-14)19-11-6-9-13-7-4-3-5-8-13/h3-9,16H,2,10-12H2,1H3/b9-6+. The van der Waals surface area contributed by atoms with Gasteiger partial charge in [0.15, 0.2) is 0 Å². The second kappa shape index (κ2) is 8.45. The van der Waals surface area contributed by atoms with E-state index in [4.69, 9.17) is 4.74 Å². The maximum absolute atomic E-state index is 5.55. The molecule has 0 amide bonds. The molecule has 1 aromatic carbocycles. The van der Waals surface area contributed by atoms with Crippen molar-refractivity contribution in [3.63, 3.8) is 0 Å². The van der Waals surface area contributed by atoms with Crippen LogP contribution in [0.25, 0.3) is 6.08 Å².